The minimum absolute atomic E-state index is 0.273. The fourth-order valence-electron chi connectivity index (χ4n) is 3.35. The van der Waals surface area contributed by atoms with E-state index in [2.05, 4.69) is 35.2 Å². The number of ether oxygens (including phenoxy) is 1. The fraction of sp³-hybridized carbons (Fsp3) is 0.625. The fourth-order valence-corrected chi connectivity index (χ4v) is 3.35. The zero-order valence-electron chi connectivity index (χ0n) is 11.6. The Morgan fingerprint density at radius 1 is 1.26 bits per heavy atom. The van der Waals surface area contributed by atoms with Crippen molar-refractivity contribution in [2.24, 2.45) is 11.1 Å². The monoisotopic (exact) mass is 260 g/mol. The maximum Gasteiger partial charge on any atom is 0.0770 e. The van der Waals surface area contributed by atoms with Crippen LogP contribution in [0.3, 0.4) is 0 Å². The average molecular weight is 260 g/mol. The van der Waals surface area contributed by atoms with Gasteiger partial charge in [0.1, 0.15) is 0 Å². The van der Waals surface area contributed by atoms with Gasteiger partial charge in [-0.3, -0.25) is 4.90 Å². The molecule has 3 rings (SSSR count). The molecule has 19 heavy (non-hydrogen) atoms. The molecule has 1 aliphatic carbocycles. The first-order chi connectivity index (χ1) is 9.32. The second-order valence-corrected chi connectivity index (χ2v) is 6.00. The zero-order valence-corrected chi connectivity index (χ0v) is 11.6. The molecule has 1 saturated heterocycles. The van der Waals surface area contributed by atoms with Crippen LogP contribution in [0.15, 0.2) is 30.3 Å². The summed E-state index contributed by atoms with van der Waals surface area (Å²) in [7, 11) is 0. The molecule has 104 valence electrons. The van der Waals surface area contributed by atoms with E-state index in [1.807, 2.05) is 0 Å². The van der Waals surface area contributed by atoms with Crippen LogP contribution in [0.4, 0.5) is 0 Å². The lowest BCUT2D eigenvalue weighted by molar-refractivity contribution is -0.123. The van der Waals surface area contributed by atoms with Gasteiger partial charge < -0.3 is 10.5 Å². The largest absolute Gasteiger partial charge is 0.375 e. The molecule has 2 fully saturated rings. The lowest BCUT2D eigenvalue weighted by Crippen LogP contribution is -2.56. The minimum atomic E-state index is 0.273. The Kier molecular flexibility index (Phi) is 3.87. The van der Waals surface area contributed by atoms with Gasteiger partial charge in [0.2, 0.25) is 0 Å². The molecule has 0 spiro atoms. The molecule has 1 aromatic rings. The molecule has 0 radical (unpaired) electrons. The van der Waals surface area contributed by atoms with Gasteiger partial charge in [-0.25, -0.2) is 0 Å². The van der Waals surface area contributed by atoms with Gasteiger partial charge in [-0.1, -0.05) is 36.8 Å². The van der Waals surface area contributed by atoms with Crippen LogP contribution in [0.1, 0.15) is 24.8 Å². The predicted octanol–water partition coefficient (Wildman–Crippen LogP) is 2.02. The second-order valence-electron chi connectivity index (χ2n) is 6.00. The van der Waals surface area contributed by atoms with E-state index in [9.17, 15) is 0 Å². The standard InChI is InChI=1S/C16H24N2O/c17-13-16(7-4-8-16)15-12-18(9-10-19-15)11-14-5-2-1-3-6-14/h1-3,5-6,15H,4,7-13,17H2. The maximum atomic E-state index is 6.02. The van der Waals surface area contributed by atoms with Crippen molar-refractivity contribution in [2.45, 2.75) is 31.9 Å². The van der Waals surface area contributed by atoms with Gasteiger partial charge in [0.05, 0.1) is 12.7 Å². The van der Waals surface area contributed by atoms with Gasteiger partial charge in [-0.15, -0.1) is 0 Å². The van der Waals surface area contributed by atoms with Gasteiger partial charge in [-0.2, -0.15) is 0 Å². The van der Waals surface area contributed by atoms with E-state index in [1.54, 1.807) is 0 Å². The molecule has 1 aromatic carbocycles. The van der Waals surface area contributed by atoms with E-state index in [1.165, 1.54) is 24.8 Å². The summed E-state index contributed by atoms with van der Waals surface area (Å²) < 4.78 is 6.02. The van der Waals surface area contributed by atoms with E-state index in [-0.39, 0.29) is 5.41 Å². The molecule has 3 nitrogen and oxygen atoms in total. The molecule has 2 aliphatic rings. The highest BCUT2D eigenvalue weighted by molar-refractivity contribution is 5.14. The molecule has 3 heteroatoms. The Bertz CT molecular complexity index is 397. The van der Waals surface area contributed by atoms with Crippen molar-refractivity contribution in [3.05, 3.63) is 35.9 Å². The Morgan fingerprint density at radius 2 is 2.05 bits per heavy atom. The normalized spacial score (nSPS) is 26.9. The summed E-state index contributed by atoms with van der Waals surface area (Å²) in [5, 5.41) is 0. The number of nitrogens with two attached hydrogens (primary N) is 1. The van der Waals surface area contributed by atoms with Crippen molar-refractivity contribution in [3.8, 4) is 0 Å². The molecule has 1 unspecified atom stereocenters. The van der Waals surface area contributed by atoms with Crippen LogP contribution in [0.25, 0.3) is 0 Å². The Labute approximate surface area is 115 Å². The highest BCUT2D eigenvalue weighted by Crippen LogP contribution is 2.45. The zero-order chi connectivity index (χ0) is 13.1. The van der Waals surface area contributed by atoms with Gasteiger partial charge in [-0.05, 0) is 18.4 Å². The quantitative estimate of drug-likeness (QED) is 0.900. The van der Waals surface area contributed by atoms with Crippen LogP contribution in [-0.2, 0) is 11.3 Å². The topological polar surface area (TPSA) is 38.5 Å². The number of hydrogen-bond donors (Lipinski definition) is 1. The SMILES string of the molecule is NCC1(C2CN(Cc3ccccc3)CCO2)CCC1. The third-order valence-electron chi connectivity index (χ3n) is 4.84. The van der Waals surface area contributed by atoms with Gasteiger partial charge in [0, 0.05) is 31.6 Å². The highest BCUT2D eigenvalue weighted by Gasteiger charge is 2.45. The average Bonchev–Trinajstić information content (AvgIpc) is 2.40. The lowest BCUT2D eigenvalue weighted by Gasteiger charge is -2.50. The molecule has 1 aliphatic heterocycles. The van der Waals surface area contributed by atoms with E-state index >= 15 is 0 Å². The number of nitrogens with zero attached hydrogens (tertiary/aromatic N) is 1. The molecule has 1 atom stereocenters. The van der Waals surface area contributed by atoms with Crippen molar-refractivity contribution in [3.63, 3.8) is 0 Å². The van der Waals surface area contributed by atoms with Crippen LogP contribution in [0.2, 0.25) is 0 Å². The number of benzene rings is 1. The maximum absolute atomic E-state index is 6.02. The summed E-state index contributed by atoms with van der Waals surface area (Å²) in [6.07, 6.45) is 4.14. The molecule has 2 N–H and O–H groups in total. The molecule has 1 heterocycles. The van der Waals surface area contributed by atoms with Crippen molar-refractivity contribution < 1.29 is 4.74 Å². The molecular weight excluding hydrogens is 236 g/mol. The van der Waals surface area contributed by atoms with Crippen molar-refractivity contribution >= 4 is 0 Å². The van der Waals surface area contributed by atoms with Crippen molar-refractivity contribution in [1.29, 1.82) is 0 Å². The Hall–Kier alpha value is -0.900. The van der Waals surface area contributed by atoms with Crippen LogP contribution >= 0.6 is 0 Å². The van der Waals surface area contributed by atoms with Crippen molar-refractivity contribution in [2.75, 3.05) is 26.2 Å². The van der Waals surface area contributed by atoms with E-state index in [0.717, 1.165) is 32.8 Å². The van der Waals surface area contributed by atoms with E-state index in [0.29, 0.717) is 6.10 Å². The van der Waals surface area contributed by atoms with Crippen molar-refractivity contribution in [1.82, 2.24) is 4.90 Å². The third-order valence-corrected chi connectivity index (χ3v) is 4.84. The first-order valence-electron chi connectivity index (χ1n) is 7.40. The van der Waals surface area contributed by atoms with Crippen LogP contribution in [0.5, 0.6) is 0 Å². The van der Waals surface area contributed by atoms with Gasteiger partial charge in [0.25, 0.3) is 0 Å². The van der Waals surface area contributed by atoms with Gasteiger partial charge in [0.15, 0.2) is 0 Å². The number of hydrogen-bond acceptors (Lipinski definition) is 3. The second kappa shape index (κ2) is 5.61. The van der Waals surface area contributed by atoms with Gasteiger partial charge >= 0.3 is 0 Å². The minimum Gasteiger partial charge on any atom is -0.375 e. The summed E-state index contributed by atoms with van der Waals surface area (Å²) >= 11 is 0. The Balaban J connectivity index is 1.62. The van der Waals surface area contributed by atoms with E-state index < -0.39 is 0 Å². The first-order valence-corrected chi connectivity index (χ1v) is 7.40. The van der Waals surface area contributed by atoms with E-state index in [4.69, 9.17) is 10.5 Å². The predicted molar refractivity (Wildman–Crippen MR) is 76.8 cm³/mol. The number of morpholine rings is 1. The smallest absolute Gasteiger partial charge is 0.0770 e. The number of rotatable bonds is 4. The summed E-state index contributed by atoms with van der Waals surface area (Å²) in [5.41, 5.74) is 7.66. The first kappa shape index (κ1) is 13.1. The summed E-state index contributed by atoms with van der Waals surface area (Å²) in [4.78, 5) is 2.51. The van der Waals surface area contributed by atoms with Crippen LogP contribution in [-0.4, -0.2) is 37.2 Å². The highest BCUT2D eigenvalue weighted by atomic mass is 16.5. The van der Waals surface area contributed by atoms with Crippen LogP contribution in [0, 0.1) is 5.41 Å². The summed E-state index contributed by atoms with van der Waals surface area (Å²) in [5.74, 6) is 0. The van der Waals surface area contributed by atoms with Crippen LogP contribution < -0.4 is 5.73 Å². The third kappa shape index (κ3) is 2.69. The molecule has 0 bridgehead atoms. The molecule has 0 aromatic heterocycles. The molecule has 0 amide bonds. The molecular formula is C16H24N2O. The Morgan fingerprint density at radius 3 is 2.68 bits per heavy atom. The summed E-state index contributed by atoms with van der Waals surface area (Å²) in [6.45, 7) is 4.72. The lowest BCUT2D eigenvalue weighted by atomic mass is 9.64. The molecule has 1 saturated carbocycles. The summed E-state index contributed by atoms with van der Waals surface area (Å²) in [6, 6.07) is 10.7.